The maximum atomic E-state index is 2.91. The molecular weight excluding hydrogens is 502 g/mol. The minimum atomic E-state index is 0. The van der Waals surface area contributed by atoms with Gasteiger partial charge in [0.2, 0.25) is 0 Å². The summed E-state index contributed by atoms with van der Waals surface area (Å²) in [6.07, 6.45) is 0. The summed E-state index contributed by atoms with van der Waals surface area (Å²) < 4.78 is 0. The van der Waals surface area contributed by atoms with Gasteiger partial charge in [0.15, 0.2) is 0 Å². The first-order valence-corrected chi connectivity index (χ1v) is 4.98. The fourth-order valence-electron chi connectivity index (χ4n) is 0. The van der Waals surface area contributed by atoms with Crippen LogP contribution in [0.15, 0.2) is 0 Å². The quantitative estimate of drug-likeness (QED) is 0.287. The number of hydrogen-bond acceptors (Lipinski definition) is 0. The van der Waals surface area contributed by atoms with E-state index in [1.54, 1.807) is 0 Å². The SMILES string of the molecule is BrI.[Ag+].[Ag+].[Br-]. The Kier molecular flexibility index (Phi) is 131. The molecule has 0 N–H and O–H groups in total. The van der Waals surface area contributed by atoms with Crippen LogP contribution in [0.2, 0.25) is 0 Å². The molecule has 0 spiro atoms. The van der Waals surface area contributed by atoms with Crippen molar-refractivity contribution in [3.63, 3.8) is 0 Å². The molecule has 0 saturated heterocycles. The second-order valence-corrected chi connectivity index (χ2v) is 0. The van der Waals surface area contributed by atoms with E-state index in [0.717, 1.165) is 0 Å². The van der Waals surface area contributed by atoms with Gasteiger partial charge in [-0.1, -0.05) is 0 Å². The van der Waals surface area contributed by atoms with Gasteiger partial charge in [-0.3, -0.25) is 0 Å². The Bertz CT molecular complexity index is 7.61. The van der Waals surface area contributed by atoms with Crippen LogP contribution in [-0.4, -0.2) is 0 Å². The summed E-state index contributed by atoms with van der Waals surface area (Å²) in [5.74, 6) is 0. The van der Waals surface area contributed by atoms with Crippen LogP contribution < -0.4 is 17.0 Å². The molecule has 0 amide bonds. The van der Waals surface area contributed by atoms with Gasteiger partial charge < -0.3 is 17.0 Å². The fraction of sp³-hybridized carbons (Fsp3) is 0. The van der Waals surface area contributed by atoms with E-state index in [2.05, 4.69) is 12.7 Å². The van der Waals surface area contributed by atoms with E-state index in [0.29, 0.717) is 0 Å². The molecule has 0 aliphatic heterocycles. The Balaban J connectivity index is -0.00000000167. The predicted molar refractivity (Wildman–Crippen MR) is 22.9 cm³/mol. The molecule has 0 unspecified atom stereocenters. The van der Waals surface area contributed by atoms with E-state index < -0.39 is 0 Å². The first-order chi connectivity index (χ1) is 1.00. The summed E-state index contributed by atoms with van der Waals surface area (Å²) in [5, 5.41) is 0. The third kappa shape index (κ3) is 19.1. The molecular formula is Ag2Br2I+. The smallest absolute Gasteiger partial charge is 1.00 e. The topological polar surface area (TPSA) is 0 Å². The van der Waals surface area contributed by atoms with E-state index in [-0.39, 0.29) is 61.7 Å². The zero-order valence-electron chi connectivity index (χ0n) is 1.74. The Morgan fingerprint density at radius 3 is 1.00 bits per heavy atom. The Labute approximate surface area is 92.9 Å². The second kappa shape index (κ2) is 27.2. The van der Waals surface area contributed by atoms with Crippen LogP contribution in [-0.2, 0) is 44.8 Å². The Morgan fingerprint density at radius 2 is 1.00 bits per heavy atom. The molecule has 0 nitrogen and oxygen atoms in total. The zero-order chi connectivity index (χ0) is 2.00. The van der Waals surface area contributed by atoms with Crippen molar-refractivity contribution in [2.45, 2.75) is 0 Å². The van der Waals surface area contributed by atoms with Crippen molar-refractivity contribution in [1.29, 1.82) is 0 Å². The molecule has 0 aromatic heterocycles. The molecule has 0 rings (SSSR count). The molecule has 0 aliphatic carbocycles. The summed E-state index contributed by atoms with van der Waals surface area (Å²) >= 11 is 4.87. The minimum Gasteiger partial charge on any atom is -1.00 e. The third-order valence-electron chi connectivity index (χ3n) is 0. The number of hydrogen-bond donors (Lipinski definition) is 0. The van der Waals surface area contributed by atoms with Gasteiger partial charge in [-0.25, -0.2) is 0 Å². The molecule has 0 aromatic carbocycles. The molecule has 42 valence electrons. The van der Waals surface area contributed by atoms with Crippen LogP contribution in [0.25, 0.3) is 0 Å². The monoisotopic (exact) mass is 499 g/mol. The zero-order valence-corrected chi connectivity index (χ0v) is 10.0. The maximum Gasteiger partial charge on any atom is 1.00 e. The van der Waals surface area contributed by atoms with Crippen LogP contribution in [0.3, 0.4) is 0 Å². The molecule has 5 heteroatoms. The van der Waals surface area contributed by atoms with Crippen LogP contribution >= 0.6 is 33.1 Å². The van der Waals surface area contributed by atoms with Gasteiger partial charge in [0.1, 0.15) is 0 Å². The van der Waals surface area contributed by atoms with Crippen molar-refractivity contribution >= 4 is 33.1 Å². The van der Waals surface area contributed by atoms with Crippen molar-refractivity contribution in [2.75, 3.05) is 0 Å². The van der Waals surface area contributed by atoms with Crippen molar-refractivity contribution < 1.29 is 61.7 Å². The van der Waals surface area contributed by atoms with Gasteiger partial charge in [-0.2, -0.15) is 0 Å². The van der Waals surface area contributed by atoms with E-state index >= 15 is 0 Å². The van der Waals surface area contributed by atoms with E-state index in [1.807, 2.05) is 20.4 Å². The van der Waals surface area contributed by atoms with E-state index in [4.69, 9.17) is 0 Å². The molecule has 0 fully saturated rings. The average Bonchev–Trinajstić information content (AvgIpc) is 1.00. The van der Waals surface area contributed by atoms with Crippen LogP contribution in [0.4, 0.5) is 0 Å². The first-order valence-electron chi connectivity index (χ1n) is 0.143. The fourth-order valence-corrected chi connectivity index (χ4v) is 0. The maximum absolute atomic E-state index is 2.91. The van der Waals surface area contributed by atoms with Crippen LogP contribution in [0.5, 0.6) is 0 Å². The van der Waals surface area contributed by atoms with E-state index in [9.17, 15) is 0 Å². The average molecular weight is 502 g/mol. The van der Waals surface area contributed by atoms with Gasteiger partial charge in [0.25, 0.3) is 0 Å². The summed E-state index contributed by atoms with van der Waals surface area (Å²) in [5.41, 5.74) is 0. The summed E-state index contributed by atoms with van der Waals surface area (Å²) in [4.78, 5) is 0. The van der Waals surface area contributed by atoms with Gasteiger partial charge in [0, 0.05) is 20.4 Å². The van der Waals surface area contributed by atoms with Crippen LogP contribution in [0.1, 0.15) is 0 Å². The molecule has 5 heavy (non-hydrogen) atoms. The first kappa shape index (κ1) is 24.2. The molecule has 0 aromatic rings. The molecule has 0 heterocycles. The standard InChI is InChI=1S/2Ag.BrI.BrH/c;;1-2;/h;;;1H/q2*+1;;/p-1. The summed E-state index contributed by atoms with van der Waals surface area (Å²) in [6, 6.07) is 0. The van der Waals surface area contributed by atoms with Crippen molar-refractivity contribution in [1.82, 2.24) is 0 Å². The van der Waals surface area contributed by atoms with Gasteiger partial charge in [-0.15, -0.1) is 0 Å². The molecule has 0 atom stereocenters. The molecule has 0 aliphatic rings. The Hall–Kier alpha value is 3.17. The van der Waals surface area contributed by atoms with Gasteiger partial charge in [0.05, 0.1) is 0 Å². The van der Waals surface area contributed by atoms with Crippen molar-refractivity contribution in [2.24, 2.45) is 0 Å². The van der Waals surface area contributed by atoms with Crippen molar-refractivity contribution in [3.05, 3.63) is 0 Å². The summed E-state index contributed by atoms with van der Waals surface area (Å²) in [7, 11) is 0. The summed E-state index contributed by atoms with van der Waals surface area (Å²) in [6.45, 7) is 0. The largest absolute Gasteiger partial charge is 1.00 e. The molecule has 0 saturated carbocycles. The van der Waals surface area contributed by atoms with Gasteiger partial charge in [-0.05, 0) is 12.7 Å². The molecule has 0 bridgehead atoms. The van der Waals surface area contributed by atoms with Gasteiger partial charge >= 0.3 is 44.8 Å². The third-order valence-corrected chi connectivity index (χ3v) is 0. The normalized spacial score (nSPS) is 1.20. The number of rotatable bonds is 0. The predicted octanol–water partition coefficient (Wildman–Crippen LogP) is -1.27. The second-order valence-electron chi connectivity index (χ2n) is 0. The van der Waals surface area contributed by atoms with E-state index in [1.165, 1.54) is 0 Å². The number of halogens is 3. The minimum absolute atomic E-state index is 0. The Morgan fingerprint density at radius 1 is 1.00 bits per heavy atom. The van der Waals surface area contributed by atoms with Crippen molar-refractivity contribution in [3.8, 4) is 0 Å². The molecule has 0 radical (unpaired) electrons. The van der Waals surface area contributed by atoms with Crippen LogP contribution in [0, 0.1) is 0 Å².